The zero-order chi connectivity index (χ0) is 33.5. The second-order valence-corrected chi connectivity index (χ2v) is 10.5. The van der Waals surface area contributed by atoms with Gasteiger partial charge in [-0.2, -0.15) is 0 Å². The number of rotatable bonds is 17. The van der Waals surface area contributed by atoms with Gasteiger partial charge < -0.3 is 31.3 Å². The molecule has 1 aliphatic rings. The van der Waals surface area contributed by atoms with Crippen molar-refractivity contribution < 1.29 is 43.1 Å². The van der Waals surface area contributed by atoms with E-state index in [1.807, 2.05) is 9.24 Å². The molecule has 1 aliphatic heterocycles. The quantitative estimate of drug-likeness (QED) is 0.0566. The summed E-state index contributed by atoms with van der Waals surface area (Å²) in [5.41, 5.74) is 1.38. The third-order valence-corrected chi connectivity index (χ3v) is 6.40. The Labute approximate surface area is 266 Å². The van der Waals surface area contributed by atoms with Crippen molar-refractivity contribution in [1.29, 1.82) is 0 Å². The van der Waals surface area contributed by atoms with Gasteiger partial charge in [-0.15, -0.1) is 0 Å². The highest BCUT2D eigenvalue weighted by molar-refractivity contribution is 7.40. The number of hydrogen-bond donors (Lipinski definition) is 5. The molecule has 46 heavy (non-hydrogen) atoms. The lowest BCUT2D eigenvalue weighted by molar-refractivity contribution is -0.131. The maximum absolute atomic E-state index is 12.8. The Kier molecular flexibility index (Phi) is 13.7. The summed E-state index contributed by atoms with van der Waals surface area (Å²) in [4.78, 5) is 97.4. The molecule has 5 N–H and O–H groups in total. The van der Waals surface area contributed by atoms with Crippen molar-refractivity contribution in [2.24, 2.45) is 0 Å². The third kappa shape index (κ3) is 12.0. The molecule has 2 aromatic carbocycles. The molecule has 16 heteroatoms. The summed E-state index contributed by atoms with van der Waals surface area (Å²) in [6.45, 7) is -1.73. The van der Waals surface area contributed by atoms with E-state index in [4.69, 9.17) is 4.74 Å². The second kappa shape index (κ2) is 17.9. The van der Waals surface area contributed by atoms with E-state index in [2.05, 4.69) is 26.6 Å². The Morgan fingerprint density at radius 1 is 0.696 bits per heavy atom. The molecule has 0 bridgehead atoms. The first-order valence-corrected chi connectivity index (χ1v) is 14.5. The minimum Gasteiger partial charge on any atom is -0.353 e. The molecular formula is C30H33N6O9P. The zero-order valence-corrected chi connectivity index (χ0v) is 25.7. The van der Waals surface area contributed by atoms with Crippen LogP contribution in [-0.2, 0) is 55.9 Å². The highest BCUT2D eigenvalue weighted by Gasteiger charge is 2.25. The number of benzene rings is 2. The van der Waals surface area contributed by atoms with Crippen LogP contribution in [0.15, 0.2) is 66.7 Å². The van der Waals surface area contributed by atoms with Crippen LogP contribution in [0.4, 0.5) is 5.69 Å². The molecule has 0 saturated heterocycles. The monoisotopic (exact) mass is 652 g/mol. The molecule has 15 nitrogen and oxygen atoms in total. The highest BCUT2D eigenvalue weighted by atomic mass is 31.0. The average molecular weight is 653 g/mol. The fourth-order valence-electron chi connectivity index (χ4n) is 4.03. The van der Waals surface area contributed by atoms with Gasteiger partial charge in [-0.1, -0.05) is 51.7 Å². The van der Waals surface area contributed by atoms with Crippen molar-refractivity contribution in [1.82, 2.24) is 26.6 Å². The number of carbonyl (C=O) groups is 8. The van der Waals surface area contributed by atoms with Gasteiger partial charge in [-0.05, 0) is 23.3 Å². The van der Waals surface area contributed by atoms with Crippen LogP contribution < -0.4 is 31.5 Å². The number of ether oxygens (including phenoxy) is 1. The number of nitrogens with one attached hydrogen (secondary N) is 5. The topological polar surface area (TPSA) is 209 Å². The van der Waals surface area contributed by atoms with Crippen LogP contribution in [0.25, 0.3) is 0 Å². The van der Waals surface area contributed by atoms with Gasteiger partial charge in [0.2, 0.25) is 29.5 Å². The molecule has 0 aliphatic carbocycles. The number of anilines is 1. The maximum atomic E-state index is 12.8. The molecule has 0 spiro atoms. The largest absolute Gasteiger partial charge is 0.353 e. The smallest absolute Gasteiger partial charge is 0.258 e. The lowest BCUT2D eigenvalue weighted by Crippen LogP contribution is -2.52. The molecule has 3 rings (SSSR count). The molecule has 0 fully saturated rings. The second-order valence-electron chi connectivity index (χ2n) is 9.83. The Morgan fingerprint density at radius 2 is 1.28 bits per heavy atom. The maximum Gasteiger partial charge on any atom is 0.258 e. The third-order valence-electron chi connectivity index (χ3n) is 6.23. The number of imide groups is 1. The first-order chi connectivity index (χ1) is 22.0. The molecule has 2 aromatic rings. The van der Waals surface area contributed by atoms with Crippen molar-refractivity contribution in [2.75, 3.05) is 37.9 Å². The van der Waals surface area contributed by atoms with E-state index >= 15 is 0 Å². The first kappa shape index (κ1) is 35.2. The van der Waals surface area contributed by atoms with E-state index in [1.165, 1.54) is 24.3 Å². The van der Waals surface area contributed by atoms with Crippen LogP contribution in [-0.4, -0.2) is 85.9 Å². The van der Waals surface area contributed by atoms with E-state index in [1.54, 1.807) is 42.5 Å². The van der Waals surface area contributed by atoms with Gasteiger partial charge in [-0.3, -0.25) is 38.4 Å². The van der Waals surface area contributed by atoms with Gasteiger partial charge in [0.1, 0.15) is 19.4 Å². The van der Waals surface area contributed by atoms with E-state index in [9.17, 15) is 38.4 Å². The summed E-state index contributed by atoms with van der Waals surface area (Å²) < 4.78 is 4.93. The number of nitrogens with zero attached hydrogens (tertiary/aromatic N) is 1. The van der Waals surface area contributed by atoms with Crippen LogP contribution in [0.3, 0.4) is 0 Å². The fourth-order valence-corrected chi connectivity index (χ4v) is 4.14. The van der Waals surface area contributed by atoms with Crippen LogP contribution in [0.2, 0.25) is 0 Å². The van der Waals surface area contributed by atoms with Gasteiger partial charge >= 0.3 is 0 Å². The minimum absolute atomic E-state index is 0.0763. The Bertz CT molecular complexity index is 1480. The van der Waals surface area contributed by atoms with Gasteiger partial charge in [0.25, 0.3) is 11.8 Å². The van der Waals surface area contributed by atoms with Gasteiger partial charge in [0.15, 0.2) is 5.52 Å². The number of hydrogen-bond acceptors (Lipinski definition) is 9. The summed E-state index contributed by atoms with van der Waals surface area (Å²) in [5.74, 6) is -3.94. The SMILES string of the molecule is O=C(P)COCNC(=O)CNC(=O)C(Cc1ccccc1)NC(=O)CNC(=O)CNC(=O)Cc1ccc(N2C(=O)C=CC2=O)cc1. The molecule has 2 unspecified atom stereocenters. The predicted octanol–water partition coefficient (Wildman–Crippen LogP) is -1.77. The lowest BCUT2D eigenvalue weighted by Gasteiger charge is -2.19. The van der Waals surface area contributed by atoms with Crippen LogP contribution in [0.1, 0.15) is 11.1 Å². The average Bonchev–Trinajstić information content (AvgIpc) is 3.37. The van der Waals surface area contributed by atoms with Crippen LogP contribution in [0, 0.1) is 0 Å². The van der Waals surface area contributed by atoms with E-state index in [0.29, 0.717) is 11.3 Å². The van der Waals surface area contributed by atoms with Crippen LogP contribution >= 0.6 is 9.24 Å². The molecule has 7 amide bonds. The molecule has 2 atom stereocenters. The Hall–Kier alpha value is -5.27. The fraction of sp³-hybridized carbons (Fsp3) is 0.267. The van der Waals surface area contributed by atoms with Gasteiger partial charge in [-0.25, -0.2) is 4.90 Å². The summed E-state index contributed by atoms with van der Waals surface area (Å²) in [6.07, 6.45) is 2.36. The van der Waals surface area contributed by atoms with Crippen molar-refractivity contribution in [3.63, 3.8) is 0 Å². The summed E-state index contributed by atoms with van der Waals surface area (Å²) >= 11 is 0. The standard InChI is InChI=1S/C30H33N6O9P/c37-23(13-20-6-8-21(9-7-20)36-27(41)10-11-28(36)42)31-14-24(38)32-16-26(40)35-22(12-19-4-2-1-3-5-19)30(44)33-15-25(39)34-18-45-17-29(43)46/h1-11,22H,12-18,46H2,(H,31,37)(H,32,38)(H,33,44)(H,34,39)(H,35,40). The first-order valence-electron chi connectivity index (χ1n) is 13.9. The molecular weight excluding hydrogens is 619 g/mol. The summed E-state index contributed by atoms with van der Waals surface area (Å²) in [5, 5.41) is 12.2. The van der Waals surface area contributed by atoms with Crippen LogP contribution in [0.5, 0.6) is 0 Å². The van der Waals surface area contributed by atoms with E-state index < -0.39 is 67.0 Å². The Morgan fingerprint density at radius 3 is 1.93 bits per heavy atom. The highest BCUT2D eigenvalue weighted by Crippen LogP contribution is 2.19. The van der Waals surface area contributed by atoms with E-state index in [-0.39, 0.29) is 31.7 Å². The molecule has 242 valence electrons. The predicted molar refractivity (Wildman–Crippen MR) is 167 cm³/mol. The summed E-state index contributed by atoms with van der Waals surface area (Å²) in [7, 11) is 1.93. The molecule has 0 aromatic heterocycles. The molecule has 0 radical (unpaired) electrons. The lowest BCUT2D eigenvalue weighted by atomic mass is 10.1. The van der Waals surface area contributed by atoms with Crippen molar-refractivity contribution in [2.45, 2.75) is 18.9 Å². The van der Waals surface area contributed by atoms with Crippen molar-refractivity contribution in [3.8, 4) is 0 Å². The molecule has 0 saturated carbocycles. The number of amides is 7. The van der Waals surface area contributed by atoms with Gasteiger partial charge in [0, 0.05) is 18.6 Å². The molecule has 1 heterocycles. The number of carbonyl (C=O) groups excluding carboxylic acids is 8. The van der Waals surface area contributed by atoms with Crippen molar-refractivity contribution in [3.05, 3.63) is 77.9 Å². The normalized spacial score (nSPS) is 12.7. The Balaban J connectivity index is 1.42. The minimum atomic E-state index is -1.07. The summed E-state index contributed by atoms with van der Waals surface area (Å²) in [6, 6.07) is 14.0. The van der Waals surface area contributed by atoms with Gasteiger partial charge in [0.05, 0.1) is 31.7 Å². The van der Waals surface area contributed by atoms with E-state index in [0.717, 1.165) is 10.5 Å². The zero-order valence-electron chi connectivity index (χ0n) is 24.6. The van der Waals surface area contributed by atoms with Crippen molar-refractivity contribution >= 4 is 61.8 Å².